The summed E-state index contributed by atoms with van der Waals surface area (Å²) in [7, 11) is 0. The van der Waals surface area contributed by atoms with Crippen molar-refractivity contribution in [2.75, 3.05) is 11.9 Å². The number of nitrogens with one attached hydrogen (secondary N) is 2. The van der Waals surface area contributed by atoms with Gasteiger partial charge in [-0.25, -0.2) is 9.18 Å². The van der Waals surface area contributed by atoms with Crippen molar-refractivity contribution in [3.05, 3.63) is 51.7 Å². The minimum Gasteiger partial charge on any atom is -0.450 e. The number of amides is 3. The van der Waals surface area contributed by atoms with Gasteiger partial charge in [-0.2, -0.15) is 0 Å². The van der Waals surface area contributed by atoms with Crippen LogP contribution in [-0.2, 0) is 17.6 Å². The van der Waals surface area contributed by atoms with Crippen molar-refractivity contribution in [1.29, 1.82) is 0 Å². The Hall–Kier alpha value is -2.74. The van der Waals surface area contributed by atoms with E-state index in [0.717, 1.165) is 23.3 Å². The van der Waals surface area contributed by atoms with Crippen LogP contribution in [0.15, 0.2) is 24.3 Å². The van der Waals surface area contributed by atoms with Crippen LogP contribution in [-0.4, -0.2) is 24.5 Å². The van der Waals surface area contributed by atoms with Gasteiger partial charge in [0.15, 0.2) is 0 Å². The molecule has 28 heavy (non-hydrogen) atoms. The van der Waals surface area contributed by atoms with Crippen molar-refractivity contribution in [1.82, 2.24) is 5.32 Å². The highest BCUT2D eigenvalue weighted by molar-refractivity contribution is 7.17. The molecule has 0 unspecified atom stereocenters. The molecule has 0 fully saturated rings. The van der Waals surface area contributed by atoms with E-state index in [0.29, 0.717) is 17.3 Å². The Kier molecular flexibility index (Phi) is 6.08. The summed E-state index contributed by atoms with van der Waals surface area (Å²) in [6.07, 6.45) is 1.52. The molecule has 1 heterocycles. The molecule has 0 aliphatic heterocycles. The van der Waals surface area contributed by atoms with Crippen LogP contribution in [0.5, 0.6) is 0 Å². The van der Waals surface area contributed by atoms with Gasteiger partial charge in [-0.1, -0.05) is 19.1 Å². The predicted octanol–water partition coefficient (Wildman–Crippen LogP) is 4.15. The molecular formula is C20H21FN2O4S. The van der Waals surface area contributed by atoms with Crippen molar-refractivity contribution in [3.63, 3.8) is 0 Å². The van der Waals surface area contributed by atoms with Gasteiger partial charge in [0, 0.05) is 4.88 Å². The average molecular weight is 404 g/mol. The summed E-state index contributed by atoms with van der Waals surface area (Å²) >= 11 is 1.30. The first-order chi connectivity index (χ1) is 13.4. The zero-order valence-electron chi connectivity index (χ0n) is 15.6. The van der Waals surface area contributed by atoms with Crippen LogP contribution < -0.4 is 10.6 Å². The van der Waals surface area contributed by atoms with Crippen LogP contribution in [0.2, 0.25) is 0 Å². The van der Waals surface area contributed by atoms with E-state index in [2.05, 4.69) is 17.6 Å². The van der Waals surface area contributed by atoms with E-state index < -0.39 is 23.7 Å². The number of benzene rings is 1. The van der Waals surface area contributed by atoms with Crippen molar-refractivity contribution >= 4 is 34.2 Å². The molecule has 1 aromatic heterocycles. The van der Waals surface area contributed by atoms with Gasteiger partial charge < -0.3 is 10.1 Å². The summed E-state index contributed by atoms with van der Waals surface area (Å²) in [5, 5.41) is 5.16. The summed E-state index contributed by atoms with van der Waals surface area (Å²) in [4.78, 5) is 37.9. The highest BCUT2D eigenvalue weighted by atomic mass is 32.1. The Morgan fingerprint density at radius 1 is 1.25 bits per heavy atom. The Labute approximate surface area is 166 Å². The summed E-state index contributed by atoms with van der Waals surface area (Å²) < 4.78 is 18.7. The van der Waals surface area contributed by atoms with E-state index in [1.807, 2.05) is 0 Å². The molecule has 0 saturated carbocycles. The third-order valence-electron chi connectivity index (χ3n) is 4.58. The predicted molar refractivity (Wildman–Crippen MR) is 104 cm³/mol. The van der Waals surface area contributed by atoms with E-state index in [-0.39, 0.29) is 17.7 Å². The number of hydrogen-bond donors (Lipinski definition) is 2. The number of imide groups is 1. The number of carbonyl (C=O) groups excluding carboxylic acids is 3. The maximum Gasteiger partial charge on any atom is 0.414 e. The number of rotatable bonds is 4. The fourth-order valence-electron chi connectivity index (χ4n) is 3.22. The van der Waals surface area contributed by atoms with Crippen molar-refractivity contribution in [3.8, 4) is 0 Å². The Morgan fingerprint density at radius 2 is 2.00 bits per heavy atom. The largest absolute Gasteiger partial charge is 0.450 e. The van der Waals surface area contributed by atoms with Gasteiger partial charge in [-0.3, -0.25) is 14.9 Å². The first-order valence-electron chi connectivity index (χ1n) is 9.09. The van der Waals surface area contributed by atoms with E-state index in [4.69, 9.17) is 4.74 Å². The molecule has 1 aliphatic carbocycles. The average Bonchev–Trinajstić information content (AvgIpc) is 2.98. The molecule has 3 amide bonds. The van der Waals surface area contributed by atoms with Crippen LogP contribution >= 0.6 is 11.3 Å². The second-order valence-corrected chi connectivity index (χ2v) is 7.77. The SMILES string of the molecule is CCOC(=O)NC(=O)c1c(NC(=O)c2ccccc2F)sc2c1CC[C@H](C)C2. The van der Waals surface area contributed by atoms with Crippen LogP contribution in [0.3, 0.4) is 0 Å². The molecule has 3 rings (SSSR count). The number of thiophene rings is 1. The quantitative estimate of drug-likeness (QED) is 0.802. The lowest BCUT2D eigenvalue weighted by Gasteiger charge is -2.18. The monoisotopic (exact) mass is 404 g/mol. The maximum atomic E-state index is 13.9. The minimum atomic E-state index is -0.844. The van der Waals surface area contributed by atoms with Crippen molar-refractivity contribution < 1.29 is 23.5 Å². The van der Waals surface area contributed by atoms with E-state index in [1.54, 1.807) is 13.0 Å². The summed E-state index contributed by atoms with van der Waals surface area (Å²) in [5.74, 6) is -1.46. The minimum absolute atomic E-state index is 0.112. The normalized spacial score (nSPS) is 15.5. The van der Waals surface area contributed by atoms with Crippen molar-refractivity contribution in [2.45, 2.75) is 33.1 Å². The number of alkyl carbamates (subject to hydrolysis) is 1. The molecule has 6 nitrogen and oxygen atoms in total. The van der Waals surface area contributed by atoms with Crippen LogP contribution in [0.25, 0.3) is 0 Å². The Balaban J connectivity index is 1.93. The molecule has 0 spiro atoms. The zero-order valence-corrected chi connectivity index (χ0v) is 16.5. The fraction of sp³-hybridized carbons (Fsp3) is 0.350. The third-order valence-corrected chi connectivity index (χ3v) is 5.75. The molecule has 1 aromatic carbocycles. The van der Waals surface area contributed by atoms with E-state index in [1.165, 1.54) is 29.5 Å². The van der Waals surface area contributed by atoms with Gasteiger partial charge in [-0.05, 0) is 49.8 Å². The van der Waals surface area contributed by atoms with Gasteiger partial charge in [0.25, 0.3) is 11.8 Å². The second-order valence-electron chi connectivity index (χ2n) is 6.66. The van der Waals surface area contributed by atoms with Gasteiger partial charge >= 0.3 is 6.09 Å². The van der Waals surface area contributed by atoms with Crippen LogP contribution in [0.4, 0.5) is 14.2 Å². The first kappa shape index (κ1) is 20.0. The number of halogens is 1. The van der Waals surface area contributed by atoms with E-state index >= 15 is 0 Å². The molecule has 0 saturated heterocycles. The Bertz CT molecular complexity index is 925. The first-order valence-corrected chi connectivity index (χ1v) is 9.90. The fourth-order valence-corrected chi connectivity index (χ4v) is 4.62. The number of hydrogen-bond acceptors (Lipinski definition) is 5. The highest BCUT2D eigenvalue weighted by Crippen LogP contribution is 2.39. The molecule has 1 aliphatic rings. The molecule has 0 radical (unpaired) electrons. The Morgan fingerprint density at radius 3 is 2.71 bits per heavy atom. The summed E-state index contributed by atoms with van der Waals surface area (Å²) in [5.41, 5.74) is 0.970. The van der Waals surface area contributed by atoms with Gasteiger partial charge in [0.1, 0.15) is 10.8 Å². The van der Waals surface area contributed by atoms with Gasteiger partial charge in [0.2, 0.25) is 0 Å². The smallest absolute Gasteiger partial charge is 0.414 e. The van der Waals surface area contributed by atoms with E-state index in [9.17, 15) is 18.8 Å². The number of anilines is 1. The molecule has 2 aromatic rings. The standard InChI is InChI=1S/C20H21FN2O4S/c1-3-27-20(26)23-18(25)16-13-9-8-11(2)10-15(13)28-19(16)22-17(24)12-6-4-5-7-14(12)21/h4-7,11H,3,8-10H2,1-2H3,(H,22,24)(H,23,25,26)/t11-/m0/s1. The van der Waals surface area contributed by atoms with Crippen LogP contribution in [0, 0.1) is 11.7 Å². The summed E-state index contributed by atoms with van der Waals surface area (Å²) in [6.45, 7) is 3.89. The van der Waals surface area contributed by atoms with Gasteiger partial charge in [0.05, 0.1) is 17.7 Å². The molecule has 1 atom stereocenters. The molecular weight excluding hydrogens is 383 g/mol. The molecule has 8 heteroatoms. The lowest BCUT2D eigenvalue weighted by molar-refractivity contribution is 0.0925. The number of fused-ring (bicyclic) bond motifs is 1. The van der Waals surface area contributed by atoms with Crippen molar-refractivity contribution in [2.24, 2.45) is 5.92 Å². The summed E-state index contributed by atoms with van der Waals surface area (Å²) in [6, 6.07) is 5.63. The number of carbonyl (C=O) groups is 3. The molecule has 148 valence electrons. The second kappa shape index (κ2) is 8.52. The zero-order chi connectivity index (χ0) is 20.3. The lowest BCUT2D eigenvalue weighted by Crippen LogP contribution is -2.32. The highest BCUT2D eigenvalue weighted by Gasteiger charge is 2.29. The lowest BCUT2D eigenvalue weighted by atomic mass is 9.88. The third kappa shape index (κ3) is 4.22. The molecule has 2 N–H and O–H groups in total. The molecule has 0 bridgehead atoms. The maximum absolute atomic E-state index is 13.9. The number of ether oxygens (including phenoxy) is 1. The van der Waals surface area contributed by atoms with Crippen LogP contribution in [0.1, 0.15) is 51.4 Å². The topological polar surface area (TPSA) is 84.5 Å². The van der Waals surface area contributed by atoms with Gasteiger partial charge in [-0.15, -0.1) is 11.3 Å².